The second-order valence-corrected chi connectivity index (χ2v) is 7.23. The first kappa shape index (κ1) is 14.1. The van der Waals surface area contributed by atoms with Gasteiger partial charge in [-0.3, -0.25) is 9.69 Å². The Morgan fingerprint density at radius 2 is 2.11 bits per heavy atom. The zero-order valence-electron chi connectivity index (χ0n) is 11.3. The molecule has 0 radical (unpaired) electrons. The fraction of sp³-hybridized carbons (Fsp3) is 0.467. The molecule has 1 aliphatic rings. The molecule has 0 atom stereocenters. The van der Waals surface area contributed by atoms with Crippen molar-refractivity contribution < 1.29 is 4.79 Å². The fourth-order valence-corrected chi connectivity index (χ4v) is 3.45. The molecular formula is C15H18N2OS. The Kier molecular flexibility index (Phi) is 4.28. The van der Waals surface area contributed by atoms with Crippen molar-refractivity contribution in [1.29, 1.82) is 5.26 Å². The molecule has 4 heteroatoms. The molecular weight excluding hydrogens is 256 g/mol. The van der Waals surface area contributed by atoms with Gasteiger partial charge in [0.1, 0.15) is 0 Å². The molecule has 0 saturated carbocycles. The quantitative estimate of drug-likeness (QED) is 0.795. The molecule has 0 aromatic heterocycles. The second-order valence-electron chi connectivity index (χ2n) is 5.43. The van der Waals surface area contributed by atoms with Crippen molar-refractivity contribution in [3.8, 4) is 6.07 Å². The van der Waals surface area contributed by atoms with Gasteiger partial charge in [0.15, 0.2) is 5.78 Å². The van der Waals surface area contributed by atoms with Crippen LogP contribution in [0.5, 0.6) is 0 Å². The Hall–Kier alpha value is -1.31. The smallest absolute Gasteiger partial charge is 0.176 e. The van der Waals surface area contributed by atoms with E-state index in [1.165, 1.54) is 0 Å². The minimum atomic E-state index is 0.132. The van der Waals surface area contributed by atoms with Gasteiger partial charge >= 0.3 is 0 Å². The number of carbonyl (C=O) groups excluding carboxylic acids is 1. The lowest BCUT2D eigenvalue weighted by Crippen LogP contribution is -2.45. The minimum absolute atomic E-state index is 0.132. The average Bonchev–Trinajstić information content (AvgIpc) is 2.37. The topological polar surface area (TPSA) is 44.1 Å². The Morgan fingerprint density at radius 1 is 1.42 bits per heavy atom. The van der Waals surface area contributed by atoms with Gasteiger partial charge in [-0.05, 0) is 26.0 Å². The van der Waals surface area contributed by atoms with E-state index in [1.807, 2.05) is 11.8 Å². The predicted octanol–water partition coefficient (Wildman–Crippen LogP) is 2.57. The van der Waals surface area contributed by atoms with Crippen LogP contribution in [0, 0.1) is 11.3 Å². The summed E-state index contributed by atoms with van der Waals surface area (Å²) < 4.78 is 0.225. The number of rotatable bonds is 3. The summed E-state index contributed by atoms with van der Waals surface area (Å²) in [7, 11) is 0. The molecule has 1 aliphatic heterocycles. The van der Waals surface area contributed by atoms with Crippen molar-refractivity contribution in [2.24, 2.45) is 0 Å². The van der Waals surface area contributed by atoms with Gasteiger partial charge < -0.3 is 0 Å². The molecule has 0 spiro atoms. The first-order valence-electron chi connectivity index (χ1n) is 6.40. The lowest BCUT2D eigenvalue weighted by Gasteiger charge is -2.37. The van der Waals surface area contributed by atoms with E-state index in [-0.39, 0.29) is 10.5 Å². The van der Waals surface area contributed by atoms with Gasteiger partial charge in [-0.1, -0.05) is 12.1 Å². The Balaban J connectivity index is 1.98. The maximum atomic E-state index is 12.2. The summed E-state index contributed by atoms with van der Waals surface area (Å²) in [6, 6.07) is 8.94. The third kappa shape index (κ3) is 3.82. The minimum Gasteiger partial charge on any atom is -0.294 e. The Labute approximate surface area is 118 Å². The molecule has 1 aromatic carbocycles. The van der Waals surface area contributed by atoms with E-state index in [0.29, 0.717) is 17.7 Å². The van der Waals surface area contributed by atoms with Crippen LogP contribution in [-0.2, 0) is 0 Å². The largest absolute Gasteiger partial charge is 0.294 e. The van der Waals surface area contributed by atoms with E-state index < -0.39 is 0 Å². The highest BCUT2D eigenvalue weighted by atomic mass is 32.2. The highest BCUT2D eigenvalue weighted by Gasteiger charge is 2.28. The molecule has 0 unspecified atom stereocenters. The molecule has 19 heavy (non-hydrogen) atoms. The lowest BCUT2D eigenvalue weighted by molar-refractivity contribution is 0.0927. The first-order chi connectivity index (χ1) is 9.00. The van der Waals surface area contributed by atoms with Crippen LogP contribution in [0.25, 0.3) is 0 Å². The fourth-order valence-electron chi connectivity index (χ4n) is 2.27. The second kappa shape index (κ2) is 5.77. The number of nitriles is 1. The Bertz CT molecular complexity index is 502. The Morgan fingerprint density at radius 3 is 2.68 bits per heavy atom. The number of hydrogen-bond acceptors (Lipinski definition) is 4. The van der Waals surface area contributed by atoms with Gasteiger partial charge in [-0.25, -0.2) is 0 Å². The normalized spacial score (nSPS) is 18.8. The van der Waals surface area contributed by atoms with E-state index in [1.54, 1.807) is 24.3 Å². The molecule has 3 nitrogen and oxygen atoms in total. The molecule has 2 rings (SSSR count). The van der Waals surface area contributed by atoms with E-state index in [2.05, 4.69) is 24.8 Å². The molecule has 0 N–H and O–H groups in total. The number of ketones is 1. The van der Waals surface area contributed by atoms with Gasteiger partial charge in [0.05, 0.1) is 18.2 Å². The van der Waals surface area contributed by atoms with Crippen molar-refractivity contribution in [1.82, 2.24) is 4.90 Å². The van der Waals surface area contributed by atoms with Crippen molar-refractivity contribution >= 4 is 17.5 Å². The molecule has 0 amide bonds. The van der Waals surface area contributed by atoms with E-state index in [4.69, 9.17) is 5.26 Å². The molecule has 1 fully saturated rings. The van der Waals surface area contributed by atoms with Gasteiger partial charge in [0, 0.05) is 29.2 Å². The van der Waals surface area contributed by atoms with Crippen LogP contribution < -0.4 is 0 Å². The molecule has 1 aromatic rings. The van der Waals surface area contributed by atoms with E-state index in [0.717, 1.165) is 18.8 Å². The van der Waals surface area contributed by atoms with Crippen LogP contribution in [0.15, 0.2) is 24.3 Å². The van der Waals surface area contributed by atoms with Crippen molar-refractivity contribution in [3.63, 3.8) is 0 Å². The number of benzene rings is 1. The van der Waals surface area contributed by atoms with Crippen molar-refractivity contribution in [3.05, 3.63) is 35.4 Å². The summed E-state index contributed by atoms with van der Waals surface area (Å²) in [5.41, 5.74) is 1.28. The van der Waals surface area contributed by atoms with Gasteiger partial charge in [-0.2, -0.15) is 17.0 Å². The maximum absolute atomic E-state index is 12.2. The van der Waals surface area contributed by atoms with Crippen LogP contribution in [0.2, 0.25) is 0 Å². The zero-order chi connectivity index (χ0) is 13.9. The number of thioether (sulfide) groups is 1. The molecule has 100 valence electrons. The van der Waals surface area contributed by atoms with Crippen LogP contribution >= 0.6 is 11.8 Å². The van der Waals surface area contributed by atoms with Crippen molar-refractivity contribution in [2.75, 3.05) is 25.4 Å². The number of carbonyl (C=O) groups is 1. The molecule has 0 bridgehead atoms. The molecule has 0 aliphatic carbocycles. The van der Waals surface area contributed by atoms with Crippen LogP contribution in [0.3, 0.4) is 0 Å². The maximum Gasteiger partial charge on any atom is 0.176 e. The van der Waals surface area contributed by atoms with E-state index >= 15 is 0 Å². The summed E-state index contributed by atoms with van der Waals surface area (Å²) in [5, 5.41) is 8.74. The lowest BCUT2D eigenvalue weighted by atomic mass is 10.1. The number of nitrogens with zero attached hydrogens (tertiary/aromatic N) is 2. The van der Waals surface area contributed by atoms with E-state index in [9.17, 15) is 4.79 Å². The van der Waals surface area contributed by atoms with Crippen LogP contribution in [-0.4, -0.2) is 40.8 Å². The summed E-state index contributed by atoms with van der Waals surface area (Å²) in [5.74, 6) is 1.21. The van der Waals surface area contributed by atoms with Gasteiger partial charge in [0.2, 0.25) is 0 Å². The molecule has 1 heterocycles. The van der Waals surface area contributed by atoms with Gasteiger partial charge in [-0.15, -0.1) is 0 Å². The third-order valence-corrected chi connectivity index (χ3v) is 4.51. The molecule has 1 saturated heterocycles. The third-order valence-electron chi connectivity index (χ3n) is 3.21. The standard InChI is InChI=1S/C15H18N2OS/c1-15(2)11-17(7-8-19-15)10-14(18)13-5-3-12(9-16)4-6-13/h3-6H,7-8,10-11H2,1-2H3. The summed E-state index contributed by atoms with van der Waals surface area (Å²) in [6.45, 7) is 6.82. The van der Waals surface area contributed by atoms with Gasteiger partial charge in [0.25, 0.3) is 0 Å². The van der Waals surface area contributed by atoms with Crippen molar-refractivity contribution in [2.45, 2.75) is 18.6 Å². The monoisotopic (exact) mass is 274 g/mol. The number of hydrogen-bond donors (Lipinski definition) is 0. The summed E-state index contributed by atoms with van der Waals surface area (Å²) in [6.07, 6.45) is 0. The SMILES string of the molecule is CC1(C)CN(CC(=O)c2ccc(C#N)cc2)CCS1. The number of Topliss-reactive ketones (excluding diaryl/α,β-unsaturated/α-hetero) is 1. The summed E-state index contributed by atoms with van der Waals surface area (Å²) >= 11 is 1.96. The predicted molar refractivity (Wildman–Crippen MR) is 78.5 cm³/mol. The highest BCUT2D eigenvalue weighted by Crippen LogP contribution is 2.29. The van der Waals surface area contributed by atoms with Crippen LogP contribution in [0.4, 0.5) is 0 Å². The average molecular weight is 274 g/mol. The van der Waals surface area contributed by atoms with Crippen LogP contribution in [0.1, 0.15) is 29.8 Å². The summed E-state index contributed by atoms with van der Waals surface area (Å²) in [4.78, 5) is 14.4. The highest BCUT2D eigenvalue weighted by molar-refractivity contribution is 8.00. The first-order valence-corrected chi connectivity index (χ1v) is 7.38. The zero-order valence-corrected chi connectivity index (χ0v) is 12.2.